The molecule has 0 aliphatic rings. The van der Waals surface area contributed by atoms with Crippen LogP contribution in [0.15, 0.2) is 22.7 Å². The van der Waals surface area contributed by atoms with E-state index in [1.54, 1.807) is 18.2 Å². The Hall–Kier alpha value is -0.970. The maximum atomic E-state index is 12.8. The topological polar surface area (TPSA) is 4.93 Å². The van der Waals surface area contributed by atoms with Crippen molar-refractivity contribution in [2.45, 2.75) is 13.1 Å². The number of aromatic nitrogens is 1. The van der Waals surface area contributed by atoms with E-state index in [0.717, 1.165) is 5.56 Å². The first-order chi connectivity index (χ1) is 7.32. The molecule has 0 aliphatic carbocycles. The molecule has 0 saturated carbocycles. The van der Waals surface area contributed by atoms with Crippen molar-refractivity contribution in [2.24, 2.45) is 7.05 Å². The number of fused-ring (bicyclic) bond motifs is 1. The zero-order chi connectivity index (χ0) is 12.1. The van der Waals surface area contributed by atoms with Gasteiger partial charge in [-0.1, -0.05) is 12.1 Å². The molecule has 0 spiro atoms. The van der Waals surface area contributed by atoms with Crippen molar-refractivity contribution in [1.82, 2.24) is 4.57 Å². The largest absolute Gasteiger partial charge is 0.432 e. The van der Waals surface area contributed by atoms with Crippen molar-refractivity contribution >= 4 is 26.8 Å². The van der Waals surface area contributed by atoms with Gasteiger partial charge in [0.2, 0.25) is 0 Å². The van der Waals surface area contributed by atoms with Gasteiger partial charge in [-0.2, -0.15) is 13.2 Å². The molecule has 0 unspecified atom stereocenters. The first-order valence-corrected chi connectivity index (χ1v) is 5.43. The van der Waals surface area contributed by atoms with Crippen LogP contribution < -0.4 is 0 Å². The van der Waals surface area contributed by atoms with Crippen LogP contribution in [-0.4, -0.2) is 4.57 Å². The molecule has 0 aliphatic heterocycles. The molecule has 86 valence electrons. The summed E-state index contributed by atoms with van der Waals surface area (Å²) in [6.45, 7) is 1.85. The van der Waals surface area contributed by atoms with Gasteiger partial charge in [-0.3, -0.25) is 0 Å². The van der Waals surface area contributed by atoms with Crippen LogP contribution in [0.5, 0.6) is 0 Å². The fourth-order valence-corrected chi connectivity index (χ4v) is 2.64. The van der Waals surface area contributed by atoms with E-state index in [0.29, 0.717) is 10.9 Å². The molecular formula is C11H9BrF3N. The van der Waals surface area contributed by atoms with E-state index in [4.69, 9.17) is 0 Å². The number of benzene rings is 1. The highest BCUT2D eigenvalue weighted by molar-refractivity contribution is 9.10. The first kappa shape index (κ1) is 11.5. The molecule has 2 rings (SSSR count). The highest BCUT2D eigenvalue weighted by atomic mass is 79.9. The van der Waals surface area contributed by atoms with E-state index in [1.807, 2.05) is 6.92 Å². The Morgan fingerprint density at radius 3 is 2.44 bits per heavy atom. The molecule has 5 heteroatoms. The zero-order valence-corrected chi connectivity index (χ0v) is 10.3. The van der Waals surface area contributed by atoms with E-state index >= 15 is 0 Å². The Kier molecular flexibility index (Phi) is 2.53. The van der Waals surface area contributed by atoms with E-state index in [1.165, 1.54) is 11.6 Å². The number of hydrogen-bond acceptors (Lipinski definition) is 0. The van der Waals surface area contributed by atoms with Crippen molar-refractivity contribution in [2.75, 3.05) is 0 Å². The fraction of sp³-hybridized carbons (Fsp3) is 0.273. The van der Waals surface area contributed by atoms with E-state index in [2.05, 4.69) is 15.9 Å². The van der Waals surface area contributed by atoms with Crippen LogP contribution in [0.2, 0.25) is 0 Å². The molecule has 1 nitrogen and oxygen atoms in total. The van der Waals surface area contributed by atoms with E-state index < -0.39 is 11.9 Å². The average Bonchev–Trinajstić information content (AvgIpc) is 2.38. The second-order valence-electron chi connectivity index (χ2n) is 3.74. The highest BCUT2D eigenvalue weighted by Gasteiger charge is 2.37. The molecule has 1 aromatic carbocycles. The van der Waals surface area contributed by atoms with Gasteiger partial charge in [-0.25, -0.2) is 0 Å². The van der Waals surface area contributed by atoms with Crippen molar-refractivity contribution in [1.29, 1.82) is 0 Å². The van der Waals surface area contributed by atoms with Crippen LogP contribution in [0, 0.1) is 6.92 Å². The Balaban J connectivity index is 2.87. The minimum atomic E-state index is -4.35. The van der Waals surface area contributed by atoms with Crippen LogP contribution in [-0.2, 0) is 13.2 Å². The van der Waals surface area contributed by atoms with Gasteiger partial charge in [-0.05, 0) is 34.5 Å². The summed E-state index contributed by atoms with van der Waals surface area (Å²) in [6.07, 6.45) is -4.35. The fourth-order valence-electron chi connectivity index (χ4n) is 1.81. The lowest BCUT2D eigenvalue weighted by atomic mass is 10.2. The lowest BCUT2D eigenvalue weighted by Gasteiger charge is -2.08. The predicted molar refractivity (Wildman–Crippen MR) is 60.4 cm³/mol. The van der Waals surface area contributed by atoms with Crippen molar-refractivity contribution in [3.05, 3.63) is 33.9 Å². The summed E-state index contributed by atoms with van der Waals surface area (Å²) >= 11 is 3.02. The number of hydrogen-bond donors (Lipinski definition) is 0. The Morgan fingerprint density at radius 1 is 1.25 bits per heavy atom. The molecule has 0 amide bonds. The van der Waals surface area contributed by atoms with Crippen LogP contribution in [0.3, 0.4) is 0 Å². The SMILES string of the molecule is Cc1ccc2c(Br)c(C(F)(F)F)n(C)c2c1. The molecule has 1 aromatic heterocycles. The number of nitrogens with zero attached hydrogens (tertiary/aromatic N) is 1. The van der Waals surface area contributed by atoms with Crippen molar-refractivity contribution in [3.63, 3.8) is 0 Å². The number of alkyl halides is 3. The summed E-state index contributed by atoms with van der Waals surface area (Å²) in [6, 6.07) is 5.24. The maximum Gasteiger partial charge on any atom is 0.432 e. The van der Waals surface area contributed by atoms with Crippen molar-refractivity contribution in [3.8, 4) is 0 Å². The van der Waals surface area contributed by atoms with E-state index in [-0.39, 0.29) is 4.47 Å². The van der Waals surface area contributed by atoms with E-state index in [9.17, 15) is 13.2 Å². The van der Waals surface area contributed by atoms with Gasteiger partial charge in [-0.15, -0.1) is 0 Å². The molecule has 0 saturated heterocycles. The Bertz CT molecular complexity index is 554. The standard InChI is InChI=1S/C11H9BrF3N/c1-6-3-4-7-8(5-6)16(2)10(9(7)12)11(13,14)15/h3-5H,1-2H3. The van der Waals surface area contributed by atoms with Gasteiger partial charge in [0, 0.05) is 18.0 Å². The second kappa shape index (κ2) is 3.52. The van der Waals surface area contributed by atoms with Gasteiger partial charge in [0.05, 0.1) is 4.47 Å². The summed E-state index contributed by atoms with van der Waals surface area (Å²) in [5, 5.41) is 0.584. The van der Waals surface area contributed by atoms with Crippen LogP contribution in [0.4, 0.5) is 13.2 Å². The van der Waals surface area contributed by atoms with Crippen molar-refractivity contribution < 1.29 is 13.2 Å². The number of aryl methyl sites for hydroxylation is 2. The summed E-state index contributed by atoms with van der Waals surface area (Å²) in [4.78, 5) is 0. The summed E-state index contributed by atoms with van der Waals surface area (Å²) in [5.74, 6) is 0. The summed E-state index contributed by atoms with van der Waals surface area (Å²) in [5.41, 5.74) is 0.877. The molecular weight excluding hydrogens is 283 g/mol. The van der Waals surface area contributed by atoms with Gasteiger partial charge >= 0.3 is 6.18 Å². The third-order valence-electron chi connectivity index (χ3n) is 2.56. The minimum absolute atomic E-state index is 0.109. The predicted octanol–water partition coefficient (Wildman–Crippen LogP) is 4.27. The molecule has 1 heterocycles. The third-order valence-corrected chi connectivity index (χ3v) is 3.37. The quantitative estimate of drug-likeness (QED) is 0.683. The Morgan fingerprint density at radius 2 is 1.88 bits per heavy atom. The van der Waals surface area contributed by atoms with Gasteiger partial charge in [0.15, 0.2) is 0 Å². The third kappa shape index (κ3) is 1.63. The van der Waals surface area contributed by atoms with Crippen LogP contribution in [0.1, 0.15) is 11.3 Å². The number of halogens is 4. The van der Waals surface area contributed by atoms with Crippen LogP contribution in [0.25, 0.3) is 10.9 Å². The average molecular weight is 292 g/mol. The lowest BCUT2D eigenvalue weighted by Crippen LogP contribution is -2.11. The summed E-state index contributed by atoms with van der Waals surface area (Å²) < 4.78 is 39.7. The molecule has 2 aromatic rings. The van der Waals surface area contributed by atoms with Gasteiger partial charge in [0.25, 0.3) is 0 Å². The zero-order valence-electron chi connectivity index (χ0n) is 8.69. The molecule has 0 radical (unpaired) electrons. The van der Waals surface area contributed by atoms with Crippen LogP contribution >= 0.6 is 15.9 Å². The molecule has 0 N–H and O–H groups in total. The van der Waals surface area contributed by atoms with Gasteiger partial charge in [0.1, 0.15) is 5.69 Å². The number of rotatable bonds is 0. The lowest BCUT2D eigenvalue weighted by molar-refractivity contribution is -0.143. The Labute approximate surface area is 99.0 Å². The second-order valence-corrected chi connectivity index (χ2v) is 4.53. The molecule has 0 fully saturated rings. The smallest absolute Gasteiger partial charge is 0.339 e. The molecule has 0 bridgehead atoms. The summed E-state index contributed by atoms with van der Waals surface area (Å²) in [7, 11) is 1.43. The maximum absolute atomic E-state index is 12.8. The molecule has 0 atom stereocenters. The minimum Gasteiger partial charge on any atom is -0.339 e. The monoisotopic (exact) mass is 291 g/mol. The first-order valence-electron chi connectivity index (χ1n) is 4.64. The highest BCUT2D eigenvalue weighted by Crippen LogP contribution is 2.40. The normalized spacial score (nSPS) is 12.4. The molecule has 16 heavy (non-hydrogen) atoms. The van der Waals surface area contributed by atoms with Gasteiger partial charge < -0.3 is 4.57 Å².